The van der Waals surface area contributed by atoms with Gasteiger partial charge < -0.3 is 14.4 Å². The highest BCUT2D eigenvalue weighted by Crippen LogP contribution is 2.39. The zero-order chi connectivity index (χ0) is 20.8. The number of phenols is 1. The first-order valence-corrected chi connectivity index (χ1v) is 9.59. The molecule has 1 amide bonds. The van der Waals surface area contributed by atoms with Crippen molar-refractivity contribution in [3.8, 4) is 5.75 Å². The third-order valence-corrected chi connectivity index (χ3v) is 5.41. The van der Waals surface area contributed by atoms with Crippen LogP contribution in [-0.4, -0.2) is 20.9 Å². The molecule has 0 spiro atoms. The van der Waals surface area contributed by atoms with E-state index in [1.165, 1.54) is 0 Å². The number of aromatic hydroxyl groups is 1. The van der Waals surface area contributed by atoms with Crippen molar-refractivity contribution in [2.75, 3.05) is 0 Å². The Labute approximate surface area is 172 Å². The molecule has 1 aliphatic rings. The highest BCUT2D eigenvalue weighted by molar-refractivity contribution is 5.99. The zero-order valence-electron chi connectivity index (χ0n) is 16.2. The molecule has 2 aromatic heterocycles. The van der Waals surface area contributed by atoms with Gasteiger partial charge in [0.25, 0.3) is 5.91 Å². The van der Waals surface area contributed by atoms with E-state index in [1.54, 1.807) is 59.8 Å². The largest absolute Gasteiger partial charge is 0.508 e. The molecule has 148 valence electrons. The van der Waals surface area contributed by atoms with Crippen LogP contribution >= 0.6 is 0 Å². The molecule has 1 aliphatic heterocycles. The van der Waals surface area contributed by atoms with Crippen LogP contribution in [0.4, 0.5) is 0 Å². The van der Waals surface area contributed by atoms with Crippen LogP contribution in [0, 0.1) is 6.92 Å². The lowest BCUT2D eigenvalue weighted by atomic mass is 9.98. The van der Waals surface area contributed by atoms with E-state index in [0.717, 1.165) is 16.7 Å². The lowest BCUT2D eigenvalue weighted by Gasteiger charge is -2.25. The SMILES string of the molecule is Cc1ccc2oc3c(c(=O)c2c1)C(c1ccc(O)cc1)N(Cc1cccnc1)C3=O. The first kappa shape index (κ1) is 18.1. The fraction of sp³-hybridized carbons (Fsp3) is 0.125. The summed E-state index contributed by atoms with van der Waals surface area (Å²) < 4.78 is 5.94. The monoisotopic (exact) mass is 398 g/mol. The molecule has 3 heterocycles. The van der Waals surface area contributed by atoms with Crippen molar-refractivity contribution in [1.82, 2.24) is 9.88 Å². The molecule has 1 unspecified atom stereocenters. The summed E-state index contributed by atoms with van der Waals surface area (Å²) in [4.78, 5) is 32.5. The highest BCUT2D eigenvalue weighted by atomic mass is 16.3. The summed E-state index contributed by atoms with van der Waals surface area (Å²) in [6, 6.07) is 15.0. The summed E-state index contributed by atoms with van der Waals surface area (Å²) in [5.41, 5.74) is 3.01. The number of carbonyl (C=O) groups is 1. The fourth-order valence-corrected chi connectivity index (χ4v) is 3.99. The van der Waals surface area contributed by atoms with Gasteiger partial charge in [0.05, 0.1) is 17.0 Å². The minimum absolute atomic E-state index is 0.0679. The molecule has 6 heteroatoms. The highest BCUT2D eigenvalue weighted by Gasteiger charge is 2.42. The predicted molar refractivity (Wildman–Crippen MR) is 111 cm³/mol. The maximum atomic E-state index is 13.5. The second-order valence-electron chi connectivity index (χ2n) is 7.46. The van der Waals surface area contributed by atoms with Crippen LogP contribution in [-0.2, 0) is 6.54 Å². The maximum absolute atomic E-state index is 13.5. The predicted octanol–water partition coefficient (Wildman–Crippen LogP) is 3.95. The number of rotatable bonds is 3. The van der Waals surface area contributed by atoms with Gasteiger partial charge in [-0.05, 0) is 48.4 Å². The maximum Gasteiger partial charge on any atom is 0.291 e. The van der Waals surface area contributed by atoms with Crippen molar-refractivity contribution in [2.24, 2.45) is 0 Å². The summed E-state index contributed by atoms with van der Waals surface area (Å²) >= 11 is 0. The number of nitrogens with zero attached hydrogens (tertiary/aromatic N) is 2. The van der Waals surface area contributed by atoms with Crippen molar-refractivity contribution in [2.45, 2.75) is 19.5 Å². The van der Waals surface area contributed by atoms with E-state index in [0.29, 0.717) is 16.5 Å². The van der Waals surface area contributed by atoms with Crippen LogP contribution in [0.15, 0.2) is 76.2 Å². The van der Waals surface area contributed by atoms with Crippen LogP contribution in [0.3, 0.4) is 0 Å². The topological polar surface area (TPSA) is 83.6 Å². The Bertz CT molecular complexity index is 1330. The number of hydrogen-bond acceptors (Lipinski definition) is 5. The number of pyridine rings is 1. The molecule has 0 fully saturated rings. The van der Waals surface area contributed by atoms with Gasteiger partial charge in [-0.15, -0.1) is 0 Å². The molecule has 1 atom stereocenters. The van der Waals surface area contributed by atoms with Crippen LogP contribution in [0.5, 0.6) is 5.75 Å². The molecular formula is C24H18N2O4. The molecule has 0 bridgehead atoms. The van der Waals surface area contributed by atoms with E-state index < -0.39 is 6.04 Å². The Kier molecular flexibility index (Phi) is 4.13. The second kappa shape index (κ2) is 6.84. The number of fused-ring (bicyclic) bond motifs is 2. The van der Waals surface area contributed by atoms with Gasteiger partial charge in [0.2, 0.25) is 5.76 Å². The van der Waals surface area contributed by atoms with E-state index in [1.807, 2.05) is 19.1 Å². The van der Waals surface area contributed by atoms with Gasteiger partial charge in [0.1, 0.15) is 11.3 Å². The van der Waals surface area contributed by atoms with Crippen molar-refractivity contribution in [3.63, 3.8) is 0 Å². The molecular weight excluding hydrogens is 380 g/mol. The fourth-order valence-electron chi connectivity index (χ4n) is 3.99. The number of amides is 1. The van der Waals surface area contributed by atoms with Crippen molar-refractivity contribution < 1.29 is 14.3 Å². The first-order chi connectivity index (χ1) is 14.5. The number of carbonyl (C=O) groups excluding carboxylic acids is 1. The summed E-state index contributed by atoms with van der Waals surface area (Å²) in [5.74, 6) is -0.159. The lowest BCUT2D eigenvalue weighted by Crippen LogP contribution is -2.29. The van der Waals surface area contributed by atoms with Crippen molar-refractivity contribution >= 4 is 16.9 Å². The van der Waals surface area contributed by atoms with Crippen LogP contribution in [0.1, 0.15) is 38.9 Å². The lowest BCUT2D eigenvalue weighted by molar-refractivity contribution is 0.0714. The number of aromatic nitrogens is 1. The van der Waals surface area contributed by atoms with E-state index in [4.69, 9.17) is 4.42 Å². The Morgan fingerprint density at radius 2 is 1.90 bits per heavy atom. The minimum Gasteiger partial charge on any atom is -0.508 e. The van der Waals surface area contributed by atoms with E-state index in [2.05, 4.69) is 4.98 Å². The molecule has 5 rings (SSSR count). The average molecular weight is 398 g/mol. The summed E-state index contributed by atoms with van der Waals surface area (Å²) in [6.07, 6.45) is 3.36. The first-order valence-electron chi connectivity index (χ1n) is 9.59. The summed E-state index contributed by atoms with van der Waals surface area (Å²) in [5, 5.41) is 10.2. The number of benzene rings is 2. The van der Waals surface area contributed by atoms with Crippen LogP contribution in [0.2, 0.25) is 0 Å². The normalized spacial score (nSPS) is 15.6. The standard InChI is InChI=1S/C24H18N2O4/c1-14-4-9-19-18(11-14)22(28)20-21(16-5-7-17(27)8-6-16)26(24(29)23(20)30-19)13-15-3-2-10-25-12-15/h2-12,21,27H,13H2,1H3. The molecule has 0 radical (unpaired) electrons. The van der Waals surface area contributed by atoms with Gasteiger partial charge in [-0.25, -0.2) is 0 Å². The summed E-state index contributed by atoms with van der Waals surface area (Å²) in [6.45, 7) is 2.18. The third-order valence-electron chi connectivity index (χ3n) is 5.41. The van der Waals surface area contributed by atoms with E-state index in [-0.39, 0.29) is 29.4 Å². The van der Waals surface area contributed by atoms with Gasteiger partial charge >= 0.3 is 0 Å². The van der Waals surface area contributed by atoms with Gasteiger partial charge in [-0.2, -0.15) is 0 Å². The second-order valence-corrected chi connectivity index (χ2v) is 7.46. The minimum atomic E-state index is -0.616. The van der Waals surface area contributed by atoms with Crippen molar-refractivity contribution in [1.29, 1.82) is 0 Å². The molecule has 0 saturated heterocycles. The van der Waals surface area contributed by atoms with Gasteiger partial charge in [-0.3, -0.25) is 14.6 Å². The number of hydrogen-bond donors (Lipinski definition) is 1. The van der Waals surface area contributed by atoms with Crippen LogP contribution in [0.25, 0.3) is 11.0 Å². The quantitative estimate of drug-likeness (QED) is 0.565. The summed E-state index contributed by atoms with van der Waals surface area (Å²) in [7, 11) is 0. The smallest absolute Gasteiger partial charge is 0.291 e. The third kappa shape index (κ3) is 2.85. The molecule has 0 aliphatic carbocycles. The Morgan fingerprint density at radius 1 is 1.10 bits per heavy atom. The average Bonchev–Trinajstić information content (AvgIpc) is 3.02. The Hall–Kier alpha value is -3.93. The molecule has 4 aromatic rings. The molecule has 30 heavy (non-hydrogen) atoms. The zero-order valence-corrected chi connectivity index (χ0v) is 16.2. The number of aryl methyl sites for hydroxylation is 1. The molecule has 1 N–H and O–H groups in total. The van der Waals surface area contributed by atoms with Gasteiger partial charge in [0.15, 0.2) is 5.43 Å². The molecule has 0 saturated carbocycles. The van der Waals surface area contributed by atoms with Gasteiger partial charge in [0, 0.05) is 18.9 Å². The Morgan fingerprint density at radius 3 is 2.63 bits per heavy atom. The van der Waals surface area contributed by atoms with Gasteiger partial charge in [-0.1, -0.05) is 29.8 Å². The van der Waals surface area contributed by atoms with Crippen LogP contribution < -0.4 is 5.43 Å². The van der Waals surface area contributed by atoms with E-state index in [9.17, 15) is 14.7 Å². The molecule has 2 aromatic carbocycles. The number of phenolic OH excluding ortho intramolecular Hbond substituents is 1. The van der Waals surface area contributed by atoms with E-state index >= 15 is 0 Å². The molecule has 6 nitrogen and oxygen atoms in total. The Balaban J connectivity index is 1.74. The van der Waals surface area contributed by atoms with Crippen molar-refractivity contribution in [3.05, 3.63) is 105 Å².